The first-order chi connectivity index (χ1) is 9.70. The number of aromatic amines is 1. The molecule has 20 heavy (non-hydrogen) atoms. The summed E-state index contributed by atoms with van der Waals surface area (Å²) in [6.07, 6.45) is 0.811. The largest absolute Gasteiger partial charge is 0.354 e. The molecule has 3 aromatic rings. The highest BCUT2D eigenvalue weighted by Gasteiger charge is 2.03. The topological polar surface area (TPSA) is 66.5 Å². The summed E-state index contributed by atoms with van der Waals surface area (Å²) in [6, 6.07) is 10.0. The van der Waals surface area contributed by atoms with Crippen LogP contribution in [0.1, 0.15) is 17.2 Å². The molecule has 0 aliphatic rings. The van der Waals surface area contributed by atoms with E-state index in [1.54, 1.807) is 0 Å². The highest BCUT2D eigenvalue weighted by atomic mass is 15.1. The summed E-state index contributed by atoms with van der Waals surface area (Å²) < 4.78 is 0. The fourth-order valence-electron chi connectivity index (χ4n) is 2.22. The minimum Gasteiger partial charge on any atom is -0.354 e. The van der Waals surface area contributed by atoms with Gasteiger partial charge in [-0.3, -0.25) is 0 Å². The van der Waals surface area contributed by atoms with Gasteiger partial charge < -0.3 is 10.3 Å². The molecule has 0 aliphatic carbocycles. The van der Waals surface area contributed by atoms with Crippen molar-refractivity contribution in [1.29, 1.82) is 0 Å². The van der Waals surface area contributed by atoms with E-state index in [-0.39, 0.29) is 0 Å². The Labute approximate surface area is 117 Å². The monoisotopic (exact) mass is 267 g/mol. The lowest BCUT2D eigenvalue weighted by Crippen LogP contribution is -2.09. The van der Waals surface area contributed by atoms with Crippen molar-refractivity contribution >= 4 is 17.0 Å². The van der Waals surface area contributed by atoms with Crippen LogP contribution in [-0.2, 0) is 6.42 Å². The van der Waals surface area contributed by atoms with Gasteiger partial charge in [0.1, 0.15) is 5.82 Å². The maximum atomic E-state index is 4.54. The van der Waals surface area contributed by atoms with Crippen molar-refractivity contribution in [3.63, 3.8) is 0 Å². The van der Waals surface area contributed by atoms with E-state index < -0.39 is 0 Å². The van der Waals surface area contributed by atoms with Gasteiger partial charge in [-0.25, -0.2) is 15.0 Å². The molecule has 3 rings (SSSR count). The lowest BCUT2D eigenvalue weighted by Gasteiger charge is -2.05. The quantitative estimate of drug-likeness (QED) is 0.762. The van der Waals surface area contributed by atoms with E-state index in [1.807, 2.05) is 44.2 Å². The van der Waals surface area contributed by atoms with Crippen molar-refractivity contribution in [2.45, 2.75) is 20.3 Å². The van der Waals surface area contributed by atoms with Crippen LogP contribution in [0.4, 0.5) is 5.95 Å². The summed E-state index contributed by atoms with van der Waals surface area (Å²) in [7, 11) is 0. The van der Waals surface area contributed by atoms with E-state index in [0.717, 1.165) is 41.2 Å². The Morgan fingerprint density at radius 2 is 1.80 bits per heavy atom. The van der Waals surface area contributed by atoms with E-state index in [2.05, 4.69) is 25.3 Å². The van der Waals surface area contributed by atoms with Gasteiger partial charge in [0.2, 0.25) is 5.95 Å². The predicted molar refractivity (Wildman–Crippen MR) is 79.8 cm³/mol. The summed E-state index contributed by atoms with van der Waals surface area (Å²) >= 11 is 0. The lowest BCUT2D eigenvalue weighted by molar-refractivity contribution is 0.911. The zero-order valence-electron chi connectivity index (χ0n) is 11.6. The van der Waals surface area contributed by atoms with Crippen LogP contribution in [0.5, 0.6) is 0 Å². The Kier molecular flexibility index (Phi) is 3.33. The van der Waals surface area contributed by atoms with Gasteiger partial charge in [-0.15, -0.1) is 0 Å². The molecule has 0 saturated heterocycles. The van der Waals surface area contributed by atoms with Crippen LogP contribution in [0.15, 0.2) is 30.3 Å². The van der Waals surface area contributed by atoms with Crippen molar-refractivity contribution in [3.05, 3.63) is 47.5 Å². The first kappa shape index (κ1) is 12.6. The fraction of sp³-hybridized carbons (Fsp3) is 0.267. The van der Waals surface area contributed by atoms with Crippen molar-refractivity contribution in [1.82, 2.24) is 19.9 Å². The Bertz CT molecular complexity index is 679. The predicted octanol–water partition coefficient (Wildman–Crippen LogP) is 2.62. The summed E-state index contributed by atoms with van der Waals surface area (Å²) in [5.41, 5.74) is 4.03. The molecule has 1 aromatic carbocycles. The summed E-state index contributed by atoms with van der Waals surface area (Å²) in [4.78, 5) is 16.6. The Morgan fingerprint density at radius 1 is 1.05 bits per heavy atom. The molecule has 5 nitrogen and oxygen atoms in total. The van der Waals surface area contributed by atoms with Crippen LogP contribution in [0.3, 0.4) is 0 Å². The summed E-state index contributed by atoms with van der Waals surface area (Å²) in [5, 5.41) is 3.24. The van der Waals surface area contributed by atoms with Gasteiger partial charge in [0, 0.05) is 24.4 Å². The first-order valence-corrected chi connectivity index (χ1v) is 6.70. The standard InChI is InChI=1S/C15H17N5/c1-10-9-11(2)18-15(17-10)16-8-7-14-19-12-5-3-4-6-13(12)20-14/h3-6,9H,7-8H2,1-2H3,(H,19,20)(H,16,17,18). The van der Waals surface area contributed by atoms with Crippen molar-refractivity contribution in [2.24, 2.45) is 0 Å². The summed E-state index contributed by atoms with van der Waals surface area (Å²) in [6.45, 7) is 4.70. The highest BCUT2D eigenvalue weighted by Crippen LogP contribution is 2.10. The van der Waals surface area contributed by atoms with Crippen LogP contribution in [0.25, 0.3) is 11.0 Å². The number of anilines is 1. The number of para-hydroxylation sites is 2. The Balaban J connectivity index is 1.64. The van der Waals surface area contributed by atoms with E-state index in [9.17, 15) is 0 Å². The number of aromatic nitrogens is 4. The molecule has 5 heteroatoms. The van der Waals surface area contributed by atoms with E-state index >= 15 is 0 Å². The minimum absolute atomic E-state index is 0.679. The van der Waals surface area contributed by atoms with Crippen LogP contribution in [0, 0.1) is 13.8 Å². The maximum absolute atomic E-state index is 4.54. The van der Waals surface area contributed by atoms with Crippen LogP contribution >= 0.6 is 0 Å². The molecule has 2 heterocycles. The van der Waals surface area contributed by atoms with Crippen LogP contribution in [0.2, 0.25) is 0 Å². The van der Waals surface area contributed by atoms with Crippen LogP contribution < -0.4 is 5.32 Å². The number of aryl methyl sites for hydroxylation is 2. The number of imidazole rings is 1. The van der Waals surface area contributed by atoms with Crippen molar-refractivity contribution in [3.8, 4) is 0 Å². The molecule has 0 amide bonds. The molecule has 102 valence electrons. The fourth-order valence-corrected chi connectivity index (χ4v) is 2.22. The van der Waals surface area contributed by atoms with Gasteiger partial charge in [-0.2, -0.15) is 0 Å². The molecule has 0 spiro atoms. The second-order valence-electron chi connectivity index (χ2n) is 4.85. The number of fused-ring (bicyclic) bond motifs is 1. The van der Waals surface area contributed by atoms with Gasteiger partial charge in [-0.05, 0) is 32.0 Å². The third-order valence-corrected chi connectivity index (χ3v) is 3.07. The number of H-pyrrole nitrogens is 1. The number of nitrogens with zero attached hydrogens (tertiary/aromatic N) is 3. The lowest BCUT2D eigenvalue weighted by atomic mass is 10.3. The van der Waals surface area contributed by atoms with Crippen molar-refractivity contribution < 1.29 is 0 Å². The van der Waals surface area contributed by atoms with Crippen LogP contribution in [-0.4, -0.2) is 26.5 Å². The Morgan fingerprint density at radius 3 is 2.55 bits per heavy atom. The first-order valence-electron chi connectivity index (χ1n) is 6.70. The average molecular weight is 267 g/mol. The molecule has 0 atom stereocenters. The number of benzene rings is 1. The van der Waals surface area contributed by atoms with E-state index in [4.69, 9.17) is 0 Å². The number of nitrogens with one attached hydrogen (secondary N) is 2. The molecule has 0 aliphatic heterocycles. The molecular weight excluding hydrogens is 250 g/mol. The molecule has 0 saturated carbocycles. The Hall–Kier alpha value is -2.43. The average Bonchev–Trinajstić information content (AvgIpc) is 2.80. The zero-order valence-corrected chi connectivity index (χ0v) is 11.6. The molecule has 0 unspecified atom stereocenters. The molecule has 0 radical (unpaired) electrons. The normalized spacial score (nSPS) is 10.9. The van der Waals surface area contributed by atoms with E-state index in [0.29, 0.717) is 5.95 Å². The second-order valence-corrected chi connectivity index (χ2v) is 4.85. The third kappa shape index (κ3) is 2.77. The van der Waals surface area contributed by atoms with Gasteiger partial charge in [0.05, 0.1) is 11.0 Å². The smallest absolute Gasteiger partial charge is 0.223 e. The van der Waals surface area contributed by atoms with E-state index in [1.165, 1.54) is 0 Å². The van der Waals surface area contributed by atoms with Gasteiger partial charge in [-0.1, -0.05) is 12.1 Å². The molecule has 2 N–H and O–H groups in total. The molecule has 0 bridgehead atoms. The second kappa shape index (κ2) is 5.28. The molecule has 2 aromatic heterocycles. The zero-order chi connectivity index (χ0) is 13.9. The van der Waals surface area contributed by atoms with Crippen molar-refractivity contribution in [2.75, 3.05) is 11.9 Å². The number of rotatable bonds is 4. The molecule has 0 fully saturated rings. The SMILES string of the molecule is Cc1cc(C)nc(NCCc2nc3ccccc3[nH]2)n1. The minimum atomic E-state index is 0.679. The van der Waals surface area contributed by atoms with Gasteiger partial charge in [0.25, 0.3) is 0 Å². The number of hydrogen-bond acceptors (Lipinski definition) is 4. The number of hydrogen-bond donors (Lipinski definition) is 2. The highest BCUT2D eigenvalue weighted by molar-refractivity contribution is 5.74. The molecular formula is C15H17N5. The maximum Gasteiger partial charge on any atom is 0.223 e. The van der Waals surface area contributed by atoms with Gasteiger partial charge in [0.15, 0.2) is 0 Å². The summed E-state index contributed by atoms with van der Waals surface area (Å²) in [5.74, 6) is 1.65. The van der Waals surface area contributed by atoms with Gasteiger partial charge >= 0.3 is 0 Å². The third-order valence-electron chi connectivity index (χ3n) is 3.07.